The first-order valence-electron chi connectivity index (χ1n) is 10.3. The van der Waals surface area contributed by atoms with Gasteiger partial charge in [-0.05, 0) is 36.6 Å². The van der Waals surface area contributed by atoms with Crippen LogP contribution in [0.1, 0.15) is 18.4 Å². The first kappa shape index (κ1) is 19.0. The topological polar surface area (TPSA) is 65.4 Å². The van der Waals surface area contributed by atoms with Crippen molar-refractivity contribution in [3.05, 3.63) is 59.2 Å². The summed E-state index contributed by atoms with van der Waals surface area (Å²) in [5, 5.41) is 7.06. The molecule has 1 aliphatic heterocycles. The van der Waals surface area contributed by atoms with Crippen molar-refractivity contribution in [3.63, 3.8) is 0 Å². The number of carbonyl (C=O) groups excluding carboxylic acids is 1. The van der Waals surface area contributed by atoms with E-state index in [9.17, 15) is 4.79 Å². The van der Waals surface area contributed by atoms with Gasteiger partial charge in [0.15, 0.2) is 11.4 Å². The minimum Gasteiger partial charge on any atom is -0.361 e. The molecule has 1 N–H and O–H groups in total. The fourth-order valence-corrected chi connectivity index (χ4v) is 4.38. The second kappa shape index (κ2) is 8.03. The zero-order valence-electron chi connectivity index (χ0n) is 16.6. The van der Waals surface area contributed by atoms with Crippen molar-refractivity contribution in [2.45, 2.75) is 19.3 Å². The number of piperazine rings is 1. The Bertz CT molecular complexity index is 1190. The maximum Gasteiger partial charge on any atom is 0.222 e. The molecular weight excluding hydrogens is 400 g/mol. The number of nitrogens with one attached hydrogen (secondary N) is 1. The van der Waals surface area contributed by atoms with Crippen LogP contribution < -0.4 is 4.90 Å². The first-order chi connectivity index (χ1) is 14.7. The molecule has 6 nitrogen and oxygen atoms in total. The highest BCUT2D eigenvalue weighted by Gasteiger charge is 2.24. The summed E-state index contributed by atoms with van der Waals surface area (Å²) in [6, 6.07) is 13.9. The SMILES string of the molecule is O=C(CCCc1c[nH]c2ccccc12)N1CCN(c2noc3cc(Cl)ccc23)CC1. The van der Waals surface area contributed by atoms with Crippen LogP contribution in [0, 0.1) is 0 Å². The molecule has 1 amide bonds. The maximum atomic E-state index is 12.7. The van der Waals surface area contributed by atoms with Crippen molar-refractivity contribution >= 4 is 45.2 Å². The lowest BCUT2D eigenvalue weighted by Crippen LogP contribution is -2.48. The van der Waals surface area contributed by atoms with Crippen molar-refractivity contribution in [1.82, 2.24) is 15.0 Å². The van der Waals surface area contributed by atoms with Gasteiger partial charge in [0.1, 0.15) is 0 Å². The molecule has 3 heterocycles. The van der Waals surface area contributed by atoms with E-state index in [2.05, 4.69) is 39.4 Å². The fraction of sp³-hybridized carbons (Fsp3) is 0.304. The normalized spacial score (nSPS) is 14.7. The van der Waals surface area contributed by atoms with Crippen LogP contribution in [0.2, 0.25) is 5.02 Å². The quantitative estimate of drug-likeness (QED) is 0.509. The van der Waals surface area contributed by atoms with Crippen LogP contribution in [0.25, 0.3) is 21.9 Å². The number of rotatable bonds is 5. The molecule has 0 bridgehead atoms. The summed E-state index contributed by atoms with van der Waals surface area (Å²) >= 11 is 6.02. The lowest BCUT2D eigenvalue weighted by molar-refractivity contribution is -0.131. The van der Waals surface area contributed by atoms with Gasteiger partial charge < -0.3 is 19.3 Å². The van der Waals surface area contributed by atoms with Crippen molar-refractivity contribution in [3.8, 4) is 0 Å². The van der Waals surface area contributed by atoms with E-state index in [1.807, 2.05) is 23.1 Å². The highest BCUT2D eigenvalue weighted by Crippen LogP contribution is 2.29. The number of H-pyrrole nitrogens is 1. The number of fused-ring (bicyclic) bond motifs is 2. The average molecular weight is 423 g/mol. The summed E-state index contributed by atoms with van der Waals surface area (Å²) in [5.74, 6) is 1.05. The van der Waals surface area contributed by atoms with E-state index in [1.165, 1.54) is 10.9 Å². The zero-order chi connectivity index (χ0) is 20.5. The molecule has 1 aliphatic rings. The third-order valence-electron chi connectivity index (χ3n) is 5.86. The molecule has 0 unspecified atom stereocenters. The van der Waals surface area contributed by atoms with Crippen molar-refractivity contribution in [2.75, 3.05) is 31.1 Å². The van der Waals surface area contributed by atoms with E-state index in [-0.39, 0.29) is 5.91 Å². The Labute approximate surface area is 179 Å². The van der Waals surface area contributed by atoms with Gasteiger partial charge in [0.05, 0.1) is 5.39 Å². The molecule has 1 fully saturated rings. The van der Waals surface area contributed by atoms with E-state index in [0.29, 0.717) is 30.1 Å². The molecule has 2 aromatic carbocycles. The number of aromatic amines is 1. The molecular formula is C23H23ClN4O2. The van der Waals surface area contributed by atoms with Gasteiger partial charge in [0.25, 0.3) is 0 Å². The third-order valence-corrected chi connectivity index (χ3v) is 6.09. The number of hydrogen-bond donors (Lipinski definition) is 1. The van der Waals surface area contributed by atoms with E-state index < -0.39 is 0 Å². The Morgan fingerprint density at radius 1 is 1.10 bits per heavy atom. The molecule has 0 spiro atoms. The Kier molecular flexibility index (Phi) is 5.09. The third kappa shape index (κ3) is 3.63. The van der Waals surface area contributed by atoms with E-state index in [1.54, 1.807) is 6.07 Å². The van der Waals surface area contributed by atoms with Crippen LogP contribution in [0.3, 0.4) is 0 Å². The highest BCUT2D eigenvalue weighted by atomic mass is 35.5. The largest absolute Gasteiger partial charge is 0.361 e. The van der Waals surface area contributed by atoms with Gasteiger partial charge in [-0.3, -0.25) is 4.79 Å². The van der Waals surface area contributed by atoms with Crippen LogP contribution in [-0.2, 0) is 11.2 Å². The van der Waals surface area contributed by atoms with E-state index in [4.69, 9.17) is 16.1 Å². The second-order valence-electron chi connectivity index (χ2n) is 7.73. The monoisotopic (exact) mass is 422 g/mol. The summed E-state index contributed by atoms with van der Waals surface area (Å²) in [5.41, 5.74) is 3.12. The molecule has 0 radical (unpaired) electrons. The Morgan fingerprint density at radius 3 is 2.80 bits per heavy atom. The molecule has 0 atom stereocenters. The zero-order valence-corrected chi connectivity index (χ0v) is 17.4. The van der Waals surface area contributed by atoms with Crippen LogP contribution in [0.15, 0.2) is 53.2 Å². The summed E-state index contributed by atoms with van der Waals surface area (Å²) < 4.78 is 5.42. The average Bonchev–Trinajstić information content (AvgIpc) is 3.38. The molecule has 4 aromatic rings. The van der Waals surface area contributed by atoms with Crippen LogP contribution in [0.5, 0.6) is 0 Å². The van der Waals surface area contributed by atoms with Gasteiger partial charge in [-0.1, -0.05) is 35.0 Å². The summed E-state index contributed by atoms with van der Waals surface area (Å²) in [6.45, 7) is 2.90. The van der Waals surface area contributed by atoms with Crippen molar-refractivity contribution in [2.24, 2.45) is 0 Å². The van der Waals surface area contributed by atoms with E-state index >= 15 is 0 Å². The molecule has 1 saturated heterocycles. The number of benzene rings is 2. The van der Waals surface area contributed by atoms with Gasteiger partial charge in [-0.2, -0.15) is 0 Å². The number of aryl methyl sites for hydroxylation is 1. The summed E-state index contributed by atoms with van der Waals surface area (Å²) in [7, 11) is 0. The van der Waals surface area contributed by atoms with Gasteiger partial charge >= 0.3 is 0 Å². The minimum atomic E-state index is 0.228. The standard InChI is InChI=1S/C23H23ClN4O2/c24-17-8-9-19-21(14-17)30-26-23(19)28-12-10-27(11-13-28)22(29)7-3-4-16-15-25-20-6-2-1-5-18(16)20/h1-2,5-6,8-9,14-15,25H,3-4,7,10-13H2. The lowest BCUT2D eigenvalue weighted by atomic mass is 10.1. The number of amides is 1. The predicted octanol–water partition coefficient (Wildman–Crippen LogP) is 4.63. The Hall–Kier alpha value is -2.99. The van der Waals surface area contributed by atoms with Crippen molar-refractivity contribution in [1.29, 1.82) is 0 Å². The highest BCUT2D eigenvalue weighted by molar-refractivity contribution is 6.31. The van der Waals surface area contributed by atoms with Crippen LogP contribution >= 0.6 is 11.6 Å². The summed E-state index contributed by atoms with van der Waals surface area (Å²) in [6.07, 6.45) is 4.40. The number of anilines is 1. The molecule has 154 valence electrons. The van der Waals surface area contributed by atoms with E-state index in [0.717, 1.165) is 42.7 Å². The van der Waals surface area contributed by atoms with Crippen molar-refractivity contribution < 1.29 is 9.32 Å². The van der Waals surface area contributed by atoms with Gasteiger partial charge in [0, 0.05) is 60.8 Å². The van der Waals surface area contributed by atoms with Gasteiger partial charge in [-0.15, -0.1) is 0 Å². The Balaban J connectivity index is 1.15. The number of aromatic nitrogens is 2. The second-order valence-corrected chi connectivity index (χ2v) is 8.16. The minimum absolute atomic E-state index is 0.228. The molecule has 5 rings (SSSR count). The summed E-state index contributed by atoms with van der Waals surface area (Å²) in [4.78, 5) is 20.1. The Morgan fingerprint density at radius 2 is 1.93 bits per heavy atom. The van der Waals surface area contributed by atoms with Crippen LogP contribution in [0.4, 0.5) is 5.82 Å². The molecule has 0 saturated carbocycles. The molecule has 30 heavy (non-hydrogen) atoms. The van der Waals surface area contributed by atoms with Gasteiger partial charge in [-0.25, -0.2) is 0 Å². The number of para-hydroxylation sites is 1. The van der Waals surface area contributed by atoms with Crippen LogP contribution in [-0.4, -0.2) is 47.1 Å². The lowest BCUT2D eigenvalue weighted by Gasteiger charge is -2.34. The fourth-order valence-electron chi connectivity index (χ4n) is 4.22. The smallest absolute Gasteiger partial charge is 0.222 e. The molecule has 0 aliphatic carbocycles. The van der Waals surface area contributed by atoms with Gasteiger partial charge in [0.2, 0.25) is 5.91 Å². The number of halogens is 1. The number of nitrogens with zero attached hydrogens (tertiary/aromatic N) is 3. The molecule has 7 heteroatoms. The maximum absolute atomic E-state index is 12.7. The molecule has 2 aromatic heterocycles. The number of hydrogen-bond acceptors (Lipinski definition) is 4. The first-order valence-corrected chi connectivity index (χ1v) is 10.7. The number of carbonyl (C=O) groups is 1. The predicted molar refractivity (Wildman–Crippen MR) is 119 cm³/mol.